The van der Waals surface area contributed by atoms with Gasteiger partial charge in [0.15, 0.2) is 0 Å². The highest BCUT2D eigenvalue weighted by Crippen LogP contribution is 2.17. The molecule has 2 aromatic heterocycles. The van der Waals surface area contributed by atoms with Crippen LogP contribution in [0.25, 0.3) is 0 Å². The van der Waals surface area contributed by atoms with Gasteiger partial charge in [0, 0.05) is 9.77 Å². The molecule has 0 fully saturated rings. The first kappa shape index (κ1) is 32.2. The normalized spacial score (nSPS) is 9.16. The summed E-state index contributed by atoms with van der Waals surface area (Å²) < 4.78 is 0. The summed E-state index contributed by atoms with van der Waals surface area (Å²) in [7, 11) is 0. The predicted molar refractivity (Wildman–Crippen MR) is 170 cm³/mol. The molecule has 0 spiro atoms. The highest BCUT2D eigenvalue weighted by Gasteiger charge is 1.90. The molecule has 2 heterocycles. The fourth-order valence-corrected chi connectivity index (χ4v) is 4.46. The Morgan fingerprint density at radius 1 is 0.568 bits per heavy atom. The minimum absolute atomic E-state index is 0.329. The molecule has 0 amide bonds. The van der Waals surface area contributed by atoms with E-state index < -0.39 is 0 Å². The van der Waals surface area contributed by atoms with Crippen LogP contribution in [0.4, 0.5) is 0 Å². The lowest BCUT2D eigenvalue weighted by Crippen LogP contribution is -1.74. The van der Waals surface area contributed by atoms with E-state index >= 15 is 0 Å². The van der Waals surface area contributed by atoms with Crippen LogP contribution in [-0.4, -0.2) is 11.4 Å². The van der Waals surface area contributed by atoms with E-state index in [1.807, 2.05) is 19.1 Å². The van der Waals surface area contributed by atoms with Gasteiger partial charge in [-0.25, -0.2) is 0 Å². The highest BCUT2D eigenvalue weighted by molar-refractivity contribution is 7.98. The van der Waals surface area contributed by atoms with Gasteiger partial charge in [-0.15, -0.1) is 23.1 Å². The Balaban J connectivity index is 0.000000233. The molecular formula is C33H40OS3. The first-order chi connectivity index (χ1) is 17.7. The molecule has 4 heteroatoms. The monoisotopic (exact) mass is 548 g/mol. The number of hydrogen-bond donors (Lipinski definition) is 1. The summed E-state index contributed by atoms with van der Waals surface area (Å²) in [6.07, 6.45) is 2.10. The molecule has 0 aliphatic rings. The van der Waals surface area contributed by atoms with E-state index in [0.717, 1.165) is 0 Å². The first-order valence-corrected chi connectivity index (χ1v) is 15.1. The Bertz CT molecular complexity index is 1070. The van der Waals surface area contributed by atoms with Crippen LogP contribution in [0.15, 0.2) is 112 Å². The molecule has 3 aromatic carbocycles. The summed E-state index contributed by atoms with van der Waals surface area (Å²) in [5.41, 5.74) is 6.55. The standard InChI is InChI=1S/C8H10S.C8H10.C7H8O.2C5H6S/c1-7-5-3-4-6-8(7)9-2;1-7-3-5-8(2)6-4-7;1-6-2-4-7(8)5-3-6;1-5-2-3-6-4-5;1-5-3-2-4-6-5/h3-6H,1-2H3;3-6H,1-2H3;2-5,8H,1H3;2*2-4H,1H3. The minimum Gasteiger partial charge on any atom is -0.508 e. The predicted octanol–water partition coefficient (Wildman–Crippen LogP) is 10.8. The Morgan fingerprint density at radius 3 is 1.38 bits per heavy atom. The van der Waals surface area contributed by atoms with E-state index in [4.69, 9.17) is 5.11 Å². The zero-order valence-corrected chi connectivity index (χ0v) is 25.5. The Morgan fingerprint density at radius 2 is 1.11 bits per heavy atom. The van der Waals surface area contributed by atoms with Crippen molar-refractivity contribution in [2.75, 3.05) is 6.26 Å². The van der Waals surface area contributed by atoms with Crippen molar-refractivity contribution in [2.45, 2.75) is 46.4 Å². The molecule has 37 heavy (non-hydrogen) atoms. The number of rotatable bonds is 1. The van der Waals surface area contributed by atoms with E-state index in [9.17, 15) is 0 Å². The SMILES string of the molecule is CSc1ccccc1C.Cc1ccc(C)cc1.Cc1ccc(O)cc1.Cc1cccs1.Cc1ccsc1. The molecule has 1 N–H and O–H groups in total. The molecule has 0 saturated carbocycles. The second kappa shape index (κ2) is 19.3. The summed E-state index contributed by atoms with van der Waals surface area (Å²) in [5, 5.41) is 15.0. The topological polar surface area (TPSA) is 20.2 Å². The lowest BCUT2D eigenvalue weighted by atomic mass is 10.2. The maximum absolute atomic E-state index is 8.76. The van der Waals surface area contributed by atoms with Gasteiger partial charge in [-0.3, -0.25) is 0 Å². The van der Waals surface area contributed by atoms with E-state index in [2.05, 4.69) is 124 Å². The van der Waals surface area contributed by atoms with Crippen molar-refractivity contribution in [3.8, 4) is 5.75 Å². The van der Waals surface area contributed by atoms with Crippen LogP contribution in [0.3, 0.4) is 0 Å². The average molecular weight is 549 g/mol. The number of benzene rings is 3. The average Bonchev–Trinajstić information content (AvgIpc) is 3.58. The maximum Gasteiger partial charge on any atom is 0.115 e. The van der Waals surface area contributed by atoms with Crippen LogP contribution >= 0.6 is 34.4 Å². The third kappa shape index (κ3) is 16.6. The Kier molecular flexibility index (Phi) is 16.9. The number of hydrogen-bond acceptors (Lipinski definition) is 4. The van der Waals surface area contributed by atoms with Crippen molar-refractivity contribution < 1.29 is 5.11 Å². The summed E-state index contributed by atoms with van der Waals surface area (Å²) in [5.74, 6) is 0.329. The lowest BCUT2D eigenvalue weighted by molar-refractivity contribution is 0.475. The van der Waals surface area contributed by atoms with Gasteiger partial charge in [0.05, 0.1) is 0 Å². The molecule has 0 unspecified atom stereocenters. The van der Waals surface area contributed by atoms with Gasteiger partial charge in [0.1, 0.15) is 5.75 Å². The van der Waals surface area contributed by atoms with Gasteiger partial charge >= 0.3 is 0 Å². The quantitative estimate of drug-likeness (QED) is 0.210. The van der Waals surface area contributed by atoms with Crippen molar-refractivity contribution >= 4 is 34.4 Å². The third-order valence-electron chi connectivity index (χ3n) is 4.89. The number of phenolic OH excluding ortho intramolecular Hbond substituents is 1. The minimum atomic E-state index is 0.329. The molecule has 5 rings (SSSR count). The van der Waals surface area contributed by atoms with Crippen LogP contribution in [0, 0.1) is 41.5 Å². The number of thiophene rings is 2. The second-order valence-electron chi connectivity index (χ2n) is 8.48. The molecule has 0 radical (unpaired) electrons. The molecule has 0 saturated heterocycles. The van der Waals surface area contributed by atoms with E-state index in [0.29, 0.717) is 5.75 Å². The van der Waals surface area contributed by atoms with Crippen LogP contribution in [0.2, 0.25) is 0 Å². The van der Waals surface area contributed by atoms with Crippen molar-refractivity contribution in [3.05, 3.63) is 140 Å². The first-order valence-electron chi connectivity index (χ1n) is 12.1. The maximum atomic E-state index is 8.76. The van der Waals surface area contributed by atoms with Crippen molar-refractivity contribution in [1.29, 1.82) is 0 Å². The molecule has 5 aromatic rings. The summed E-state index contributed by atoms with van der Waals surface area (Å²) >= 11 is 5.31. The third-order valence-corrected chi connectivity index (χ3v) is 7.39. The number of aryl methyl sites for hydroxylation is 6. The summed E-state index contributed by atoms with van der Waals surface area (Å²) in [6, 6.07) is 30.2. The van der Waals surface area contributed by atoms with Gasteiger partial charge in [-0.2, -0.15) is 11.3 Å². The van der Waals surface area contributed by atoms with Crippen molar-refractivity contribution in [3.63, 3.8) is 0 Å². The molecule has 196 valence electrons. The highest BCUT2D eigenvalue weighted by atomic mass is 32.2. The zero-order chi connectivity index (χ0) is 27.5. The van der Waals surface area contributed by atoms with Gasteiger partial charge in [-0.1, -0.05) is 77.4 Å². The van der Waals surface area contributed by atoms with Gasteiger partial charge in [0.2, 0.25) is 0 Å². The van der Waals surface area contributed by atoms with Crippen LogP contribution < -0.4 is 0 Å². The molecule has 0 atom stereocenters. The fraction of sp³-hybridized carbons (Fsp3) is 0.212. The smallest absolute Gasteiger partial charge is 0.115 e. The molecule has 0 aliphatic carbocycles. The number of phenols is 1. The van der Waals surface area contributed by atoms with E-state index in [-0.39, 0.29) is 0 Å². The Hall–Kier alpha value is -2.79. The summed E-state index contributed by atoms with van der Waals surface area (Å²) in [6.45, 7) is 12.5. The van der Waals surface area contributed by atoms with Gasteiger partial charge in [0.25, 0.3) is 0 Å². The molecule has 0 aliphatic heterocycles. The number of aromatic hydroxyl groups is 1. The lowest BCUT2D eigenvalue weighted by Gasteiger charge is -1.97. The van der Waals surface area contributed by atoms with Gasteiger partial charge < -0.3 is 5.11 Å². The van der Waals surface area contributed by atoms with Crippen molar-refractivity contribution in [1.82, 2.24) is 0 Å². The Labute approximate surface area is 236 Å². The molecule has 0 bridgehead atoms. The van der Waals surface area contributed by atoms with Crippen LogP contribution in [0.5, 0.6) is 5.75 Å². The largest absolute Gasteiger partial charge is 0.508 e. The van der Waals surface area contributed by atoms with E-state index in [1.54, 1.807) is 46.6 Å². The van der Waals surface area contributed by atoms with Crippen LogP contribution in [-0.2, 0) is 0 Å². The zero-order valence-electron chi connectivity index (χ0n) is 23.1. The van der Waals surface area contributed by atoms with Gasteiger partial charge in [-0.05, 0) is 105 Å². The molecule has 1 nitrogen and oxygen atoms in total. The molecular weight excluding hydrogens is 509 g/mol. The summed E-state index contributed by atoms with van der Waals surface area (Å²) in [4.78, 5) is 2.76. The number of thioether (sulfide) groups is 1. The van der Waals surface area contributed by atoms with E-state index in [1.165, 1.54) is 37.6 Å². The van der Waals surface area contributed by atoms with Crippen molar-refractivity contribution in [2.24, 2.45) is 0 Å². The second-order valence-corrected chi connectivity index (χ2v) is 11.3. The van der Waals surface area contributed by atoms with Crippen LogP contribution in [0.1, 0.15) is 32.7 Å². The fourth-order valence-electron chi connectivity index (χ4n) is 2.66.